The molecule has 1 aliphatic carbocycles. The number of esters is 1. The smallest absolute Gasteiger partial charge is 0.341 e. The van der Waals surface area contributed by atoms with Crippen LogP contribution in [-0.4, -0.2) is 25.6 Å². The third-order valence-electron chi connectivity index (χ3n) is 6.15. The van der Waals surface area contributed by atoms with E-state index in [0.29, 0.717) is 39.6 Å². The van der Waals surface area contributed by atoms with Crippen molar-refractivity contribution in [2.75, 3.05) is 19.0 Å². The zero-order chi connectivity index (χ0) is 26.4. The van der Waals surface area contributed by atoms with Gasteiger partial charge >= 0.3 is 5.97 Å². The number of ether oxygens (including phenoxy) is 3. The molecule has 0 bridgehead atoms. The normalized spacial score (nSPS) is 14.8. The van der Waals surface area contributed by atoms with E-state index in [1.54, 1.807) is 32.2 Å². The SMILES string of the molecule is CCOC(=O)c1c(NC(=O)/C=C/c2ccc(OCc3ccc(Cl)cc3)c(OC)c2)sc2c1CCC(C)C2. The highest BCUT2D eigenvalue weighted by atomic mass is 35.5. The van der Waals surface area contributed by atoms with Gasteiger partial charge in [-0.15, -0.1) is 11.3 Å². The number of carbonyl (C=O) groups is 2. The van der Waals surface area contributed by atoms with E-state index in [1.165, 1.54) is 17.4 Å². The third-order valence-corrected chi connectivity index (χ3v) is 7.57. The fourth-order valence-corrected chi connectivity index (χ4v) is 5.76. The Morgan fingerprint density at radius 3 is 2.68 bits per heavy atom. The van der Waals surface area contributed by atoms with Gasteiger partial charge in [0, 0.05) is 16.0 Å². The molecule has 3 aromatic rings. The molecule has 0 aliphatic heterocycles. The first-order valence-corrected chi connectivity index (χ1v) is 13.4. The Hall–Kier alpha value is -3.29. The fraction of sp³-hybridized carbons (Fsp3) is 0.310. The van der Waals surface area contributed by atoms with Crippen LogP contribution in [0.1, 0.15) is 52.2 Å². The van der Waals surface area contributed by atoms with Crippen LogP contribution in [-0.2, 0) is 29.0 Å². The summed E-state index contributed by atoms with van der Waals surface area (Å²) in [5, 5.41) is 4.13. The fourth-order valence-electron chi connectivity index (χ4n) is 4.23. The number of thiophene rings is 1. The van der Waals surface area contributed by atoms with E-state index in [-0.39, 0.29) is 18.5 Å². The summed E-state index contributed by atoms with van der Waals surface area (Å²) in [7, 11) is 1.57. The number of anilines is 1. The largest absolute Gasteiger partial charge is 0.493 e. The third kappa shape index (κ3) is 6.73. The van der Waals surface area contributed by atoms with Gasteiger partial charge in [-0.3, -0.25) is 4.79 Å². The number of nitrogens with one attached hydrogen (secondary N) is 1. The lowest BCUT2D eigenvalue weighted by molar-refractivity contribution is -0.111. The Labute approximate surface area is 226 Å². The zero-order valence-electron chi connectivity index (χ0n) is 21.1. The summed E-state index contributed by atoms with van der Waals surface area (Å²) >= 11 is 7.41. The maximum absolute atomic E-state index is 12.8. The molecule has 0 radical (unpaired) electrons. The minimum absolute atomic E-state index is 0.286. The highest BCUT2D eigenvalue weighted by Gasteiger charge is 2.28. The number of benzene rings is 2. The molecule has 1 aliphatic rings. The highest BCUT2D eigenvalue weighted by Crippen LogP contribution is 2.40. The van der Waals surface area contributed by atoms with Crippen LogP contribution in [0.2, 0.25) is 5.02 Å². The summed E-state index contributed by atoms with van der Waals surface area (Å²) in [5.74, 6) is 1.00. The van der Waals surface area contributed by atoms with Crippen LogP contribution in [0.15, 0.2) is 48.5 Å². The molecule has 1 heterocycles. The van der Waals surface area contributed by atoms with Gasteiger partial charge in [0.2, 0.25) is 5.91 Å². The summed E-state index contributed by atoms with van der Waals surface area (Å²) < 4.78 is 16.7. The zero-order valence-corrected chi connectivity index (χ0v) is 22.7. The lowest BCUT2D eigenvalue weighted by atomic mass is 9.88. The standard InChI is InChI=1S/C29H30ClNO5S/c1-4-35-29(33)27-22-12-5-18(2)15-25(22)37-28(27)31-26(32)14-9-19-8-13-23(24(16-19)34-3)36-17-20-6-10-21(30)11-7-20/h6-11,13-14,16,18H,4-5,12,15,17H2,1-3H3,(H,31,32)/b14-9+. The quantitative estimate of drug-likeness (QED) is 0.235. The summed E-state index contributed by atoms with van der Waals surface area (Å²) in [5.41, 5.74) is 3.27. The minimum atomic E-state index is -0.382. The number of halogens is 1. The van der Waals surface area contributed by atoms with Gasteiger partial charge in [-0.25, -0.2) is 4.79 Å². The number of fused-ring (bicyclic) bond motifs is 1. The Morgan fingerprint density at radius 2 is 1.95 bits per heavy atom. The van der Waals surface area contributed by atoms with Gasteiger partial charge in [-0.05, 0) is 79.1 Å². The second-order valence-electron chi connectivity index (χ2n) is 8.92. The Bertz CT molecular complexity index is 1300. The van der Waals surface area contributed by atoms with Crippen LogP contribution >= 0.6 is 22.9 Å². The maximum atomic E-state index is 12.8. The van der Waals surface area contributed by atoms with Crippen molar-refractivity contribution in [2.45, 2.75) is 39.7 Å². The van der Waals surface area contributed by atoms with Crippen LogP contribution < -0.4 is 14.8 Å². The highest BCUT2D eigenvalue weighted by molar-refractivity contribution is 7.17. The summed E-state index contributed by atoms with van der Waals surface area (Å²) in [4.78, 5) is 26.6. The predicted molar refractivity (Wildman–Crippen MR) is 148 cm³/mol. The second-order valence-corrected chi connectivity index (χ2v) is 10.5. The van der Waals surface area contributed by atoms with Crippen molar-refractivity contribution in [1.82, 2.24) is 0 Å². The van der Waals surface area contributed by atoms with Gasteiger partial charge in [0.25, 0.3) is 0 Å². The van der Waals surface area contributed by atoms with Gasteiger partial charge in [-0.1, -0.05) is 36.7 Å². The van der Waals surface area contributed by atoms with Gasteiger partial charge in [0.1, 0.15) is 11.6 Å². The molecular formula is C29H30ClNO5S. The van der Waals surface area contributed by atoms with E-state index in [2.05, 4.69) is 12.2 Å². The lowest BCUT2D eigenvalue weighted by Crippen LogP contribution is -2.15. The number of amides is 1. The summed E-state index contributed by atoms with van der Waals surface area (Å²) in [6.07, 6.45) is 5.88. The topological polar surface area (TPSA) is 73.9 Å². The van der Waals surface area contributed by atoms with Crippen molar-refractivity contribution in [1.29, 1.82) is 0 Å². The van der Waals surface area contributed by atoms with Gasteiger partial charge in [-0.2, -0.15) is 0 Å². The first kappa shape index (κ1) is 26.8. The Balaban J connectivity index is 1.45. The van der Waals surface area contributed by atoms with E-state index < -0.39 is 0 Å². The molecule has 1 aromatic heterocycles. The molecule has 1 N–H and O–H groups in total. The van der Waals surface area contributed by atoms with Crippen molar-refractivity contribution >= 4 is 45.9 Å². The molecule has 0 saturated heterocycles. The van der Waals surface area contributed by atoms with Gasteiger partial charge in [0.15, 0.2) is 11.5 Å². The molecule has 6 nitrogen and oxygen atoms in total. The molecule has 194 valence electrons. The number of hydrogen-bond acceptors (Lipinski definition) is 6. The van der Waals surface area contributed by atoms with Crippen LogP contribution in [0.3, 0.4) is 0 Å². The van der Waals surface area contributed by atoms with E-state index in [1.807, 2.05) is 30.3 Å². The molecule has 4 rings (SSSR count). The van der Waals surface area contributed by atoms with Crippen molar-refractivity contribution in [3.8, 4) is 11.5 Å². The molecule has 37 heavy (non-hydrogen) atoms. The molecule has 1 amide bonds. The predicted octanol–water partition coefficient (Wildman–Crippen LogP) is 6.94. The van der Waals surface area contributed by atoms with Crippen LogP contribution in [0.25, 0.3) is 6.08 Å². The molecule has 2 aromatic carbocycles. The van der Waals surface area contributed by atoms with E-state index in [4.69, 9.17) is 25.8 Å². The molecular weight excluding hydrogens is 510 g/mol. The summed E-state index contributed by atoms with van der Waals surface area (Å²) in [6, 6.07) is 12.9. The second kappa shape index (κ2) is 12.3. The maximum Gasteiger partial charge on any atom is 0.341 e. The molecule has 1 atom stereocenters. The lowest BCUT2D eigenvalue weighted by Gasteiger charge is -2.18. The van der Waals surface area contributed by atoms with Gasteiger partial charge in [0.05, 0.1) is 19.3 Å². The number of rotatable bonds is 9. The number of carbonyl (C=O) groups excluding carboxylic acids is 2. The van der Waals surface area contributed by atoms with E-state index in [0.717, 1.165) is 40.8 Å². The van der Waals surface area contributed by atoms with Crippen LogP contribution in [0.4, 0.5) is 5.00 Å². The molecule has 8 heteroatoms. The Morgan fingerprint density at radius 1 is 1.16 bits per heavy atom. The van der Waals surface area contributed by atoms with Crippen molar-refractivity contribution in [3.05, 3.63) is 80.7 Å². The van der Waals surface area contributed by atoms with Crippen molar-refractivity contribution in [2.24, 2.45) is 5.92 Å². The molecule has 0 saturated carbocycles. The monoisotopic (exact) mass is 539 g/mol. The molecule has 0 fully saturated rings. The van der Waals surface area contributed by atoms with Crippen LogP contribution in [0, 0.1) is 5.92 Å². The number of hydrogen-bond donors (Lipinski definition) is 1. The van der Waals surface area contributed by atoms with E-state index in [9.17, 15) is 9.59 Å². The number of methoxy groups -OCH3 is 1. The van der Waals surface area contributed by atoms with Crippen molar-refractivity contribution in [3.63, 3.8) is 0 Å². The average molecular weight is 540 g/mol. The average Bonchev–Trinajstić information content (AvgIpc) is 3.24. The van der Waals surface area contributed by atoms with E-state index >= 15 is 0 Å². The first-order chi connectivity index (χ1) is 17.9. The molecule has 0 spiro atoms. The van der Waals surface area contributed by atoms with Gasteiger partial charge < -0.3 is 19.5 Å². The minimum Gasteiger partial charge on any atom is -0.493 e. The first-order valence-electron chi connectivity index (χ1n) is 12.2. The Kier molecular flexibility index (Phi) is 8.90. The summed E-state index contributed by atoms with van der Waals surface area (Å²) in [6.45, 7) is 4.64. The van der Waals surface area contributed by atoms with Crippen molar-refractivity contribution < 1.29 is 23.8 Å². The molecule has 1 unspecified atom stereocenters. The van der Waals surface area contributed by atoms with Crippen LogP contribution in [0.5, 0.6) is 11.5 Å².